The van der Waals surface area contributed by atoms with Crippen LogP contribution in [-0.2, 0) is 6.54 Å². The Morgan fingerprint density at radius 1 is 1.05 bits per heavy atom. The van der Waals surface area contributed by atoms with Crippen LogP contribution in [0.1, 0.15) is 79.2 Å². The van der Waals surface area contributed by atoms with Gasteiger partial charge in [0.15, 0.2) is 0 Å². The third kappa shape index (κ3) is 6.29. The number of hydrogen-bond donors (Lipinski definition) is 2. The van der Waals surface area contributed by atoms with E-state index in [1.807, 2.05) is 31.2 Å². The van der Waals surface area contributed by atoms with E-state index in [0.29, 0.717) is 17.2 Å². The molecule has 0 fully saturated rings. The molecule has 0 aliphatic rings. The lowest BCUT2D eigenvalue weighted by Crippen LogP contribution is -2.27. The van der Waals surface area contributed by atoms with E-state index in [1.54, 1.807) is 12.1 Å². The summed E-state index contributed by atoms with van der Waals surface area (Å²) in [6.07, 6.45) is 5.22. The Morgan fingerprint density at radius 2 is 1.70 bits per heavy atom. The van der Waals surface area contributed by atoms with E-state index < -0.39 is 0 Å². The van der Waals surface area contributed by atoms with Crippen molar-refractivity contribution < 1.29 is 15.3 Å². The minimum Gasteiger partial charge on any atom is -0.411 e. The molecule has 8 nitrogen and oxygen atoms in total. The highest BCUT2D eigenvalue weighted by atomic mass is 16.6. The van der Waals surface area contributed by atoms with Crippen LogP contribution < -0.4 is 0 Å². The molecule has 1 heterocycles. The second-order valence-corrected chi connectivity index (χ2v) is 11.3. The monoisotopic (exact) mass is 508 g/mol. The lowest BCUT2D eigenvalue weighted by atomic mass is 9.81. The van der Waals surface area contributed by atoms with E-state index in [2.05, 4.69) is 49.5 Å². The Kier molecular flexibility index (Phi) is 8.94. The topological polar surface area (TPSA) is 113 Å². The fraction of sp³-hybridized carbons (Fsp3) is 0.517. The van der Waals surface area contributed by atoms with E-state index in [9.17, 15) is 20.5 Å². The summed E-state index contributed by atoms with van der Waals surface area (Å²) in [6.45, 7) is 13.5. The maximum Gasteiger partial charge on any atom is 0.270 e. The molecule has 0 saturated heterocycles. The van der Waals surface area contributed by atoms with Gasteiger partial charge in [-0.2, -0.15) is 0 Å². The summed E-state index contributed by atoms with van der Waals surface area (Å²) < 4.78 is 2.25. The first kappa shape index (κ1) is 28.2. The first-order valence-corrected chi connectivity index (χ1v) is 13.2. The third-order valence-corrected chi connectivity index (χ3v) is 7.15. The number of nitrogens with zero attached hydrogens (tertiary/aromatic N) is 4. The Labute approximate surface area is 218 Å². The van der Waals surface area contributed by atoms with Gasteiger partial charge in [0, 0.05) is 52.0 Å². The molecule has 2 unspecified atom stereocenters. The molecule has 1 aromatic heterocycles. The number of nitro groups is 1. The highest BCUT2D eigenvalue weighted by Gasteiger charge is 2.26. The zero-order chi connectivity index (χ0) is 27.3. The van der Waals surface area contributed by atoms with Gasteiger partial charge in [-0.05, 0) is 42.4 Å². The zero-order valence-corrected chi connectivity index (χ0v) is 22.9. The van der Waals surface area contributed by atoms with Crippen LogP contribution in [0.15, 0.2) is 46.7 Å². The number of fused-ring (bicyclic) bond motifs is 3. The Bertz CT molecular complexity index is 1320. The molecule has 0 bridgehead atoms. The van der Waals surface area contributed by atoms with Crippen molar-refractivity contribution in [2.24, 2.45) is 27.6 Å². The van der Waals surface area contributed by atoms with Gasteiger partial charge in [0.1, 0.15) is 11.4 Å². The van der Waals surface area contributed by atoms with Gasteiger partial charge in [-0.3, -0.25) is 10.1 Å². The number of benzene rings is 2. The van der Waals surface area contributed by atoms with Gasteiger partial charge >= 0.3 is 0 Å². The molecule has 2 aromatic carbocycles. The number of hydrogen-bond acceptors (Lipinski definition) is 6. The van der Waals surface area contributed by atoms with Gasteiger partial charge in [0.05, 0.1) is 4.92 Å². The van der Waals surface area contributed by atoms with Gasteiger partial charge in [-0.25, -0.2) is 0 Å². The first-order valence-electron chi connectivity index (χ1n) is 13.2. The smallest absolute Gasteiger partial charge is 0.270 e. The molecule has 2 N–H and O–H groups in total. The summed E-state index contributed by atoms with van der Waals surface area (Å²) >= 11 is 0. The number of non-ortho nitro benzene ring substituents is 1. The molecule has 2 atom stereocenters. The maximum absolute atomic E-state index is 11.6. The van der Waals surface area contributed by atoms with Crippen LogP contribution in [-0.4, -0.2) is 31.3 Å². The Hall–Kier alpha value is -3.42. The van der Waals surface area contributed by atoms with E-state index in [1.165, 1.54) is 0 Å². The predicted molar refractivity (Wildman–Crippen MR) is 150 cm³/mol. The molecule has 0 saturated carbocycles. The summed E-state index contributed by atoms with van der Waals surface area (Å²) in [5.74, 6) is 0.340. The summed E-state index contributed by atoms with van der Waals surface area (Å²) in [5, 5.41) is 40.1. The van der Waals surface area contributed by atoms with Crippen LogP contribution in [0.2, 0.25) is 0 Å². The predicted octanol–water partition coefficient (Wildman–Crippen LogP) is 8.00. The molecule has 37 heavy (non-hydrogen) atoms. The largest absolute Gasteiger partial charge is 0.411 e. The molecule has 8 heteroatoms. The summed E-state index contributed by atoms with van der Waals surface area (Å²) in [4.78, 5) is 11.2. The summed E-state index contributed by atoms with van der Waals surface area (Å²) in [6, 6.07) is 10.7. The fourth-order valence-corrected chi connectivity index (χ4v) is 5.38. The van der Waals surface area contributed by atoms with Crippen LogP contribution in [0.5, 0.6) is 0 Å². The van der Waals surface area contributed by atoms with Crippen LogP contribution in [0.25, 0.3) is 21.8 Å². The van der Waals surface area contributed by atoms with Crippen molar-refractivity contribution in [2.45, 2.75) is 80.2 Å². The maximum atomic E-state index is 11.6. The van der Waals surface area contributed by atoms with Gasteiger partial charge in [-0.15, -0.1) is 0 Å². The van der Waals surface area contributed by atoms with Crippen molar-refractivity contribution in [2.75, 3.05) is 0 Å². The number of unbranched alkanes of at least 4 members (excludes halogenated alkanes) is 1. The molecule has 0 aliphatic carbocycles. The van der Waals surface area contributed by atoms with Crippen molar-refractivity contribution in [3.05, 3.63) is 52.1 Å². The summed E-state index contributed by atoms with van der Waals surface area (Å²) in [7, 11) is 0. The van der Waals surface area contributed by atoms with E-state index in [4.69, 9.17) is 0 Å². The fourth-order valence-electron chi connectivity index (χ4n) is 5.38. The van der Waals surface area contributed by atoms with Gasteiger partial charge < -0.3 is 15.0 Å². The van der Waals surface area contributed by atoms with Crippen LogP contribution in [0, 0.1) is 27.4 Å². The SMILES string of the molecule is CCCCC(CC)Cn1c2ccc(C(=NO)C(=NO)C(C)CC(C)(C)C)cc2c2cc([N+](=O)[O-])ccc21. The van der Waals surface area contributed by atoms with Gasteiger partial charge in [0.2, 0.25) is 0 Å². The quantitative estimate of drug-likeness (QED) is 0.118. The highest BCUT2D eigenvalue weighted by Crippen LogP contribution is 2.34. The van der Waals surface area contributed by atoms with Gasteiger partial charge in [0.25, 0.3) is 5.69 Å². The average Bonchev–Trinajstić information content (AvgIpc) is 3.15. The second-order valence-electron chi connectivity index (χ2n) is 11.3. The second kappa shape index (κ2) is 11.8. The Morgan fingerprint density at radius 3 is 2.24 bits per heavy atom. The number of aromatic nitrogens is 1. The summed E-state index contributed by atoms with van der Waals surface area (Å²) in [5.41, 5.74) is 3.01. The van der Waals surface area contributed by atoms with Crippen molar-refractivity contribution in [3.8, 4) is 0 Å². The molecule has 3 aromatic rings. The van der Waals surface area contributed by atoms with Crippen molar-refractivity contribution in [1.82, 2.24) is 4.57 Å². The van der Waals surface area contributed by atoms with Crippen molar-refractivity contribution in [1.29, 1.82) is 0 Å². The van der Waals surface area contributed by atoms with Gasteiger partial charge in [-0.1, -0.05) is 77.2 Å². The third-order valence-electron chi connectivity index (χ3n) is 7.15. The molecule has 200 valence electrons. The van der Waals surface area contributed by atoms with Crippen LogP contribution in [0.3, 0.4) is 0 Å². The van der Waals surface area contributed by atoms with Crippen LogP contribution >= 0.6 is 0 Å². The molecular formula is C29H40N4O4. The first-order chi connectivity index (χ1) is 17.5. The lowest BCUT2D eigenvalue weighted by Gasteiger charge is -2.24. The molecule has 0 amide bonds. The zero-order valence-electron chi connectivity index (χ0n) is 22.9. The number of nitro benzene ring substituents is 1. The highest BCUT2D eigenvalue weighted by molar-refractivity contribution is 6.49. The van der Waals surface area contributed by atoms with Crippen LogP contribution in [0.4, 0.5) is 5.69 Å². The molecular weight excluding hydrogens is 468 g/mol. The minimum atomic E-state index is -0.381. The molecule has 0 radical (unpaired) electrons. The van der Waals surface area contributed by atoms with E-state index in [0.717, 1.165) is 60.5 Å². The molecule has 0 aliphatic heterocycles. The normalized spacial score (nSPS) is 14.9. The lowest BCUT2D eigenvalue weighted by molar-refractivity contribution is -0.384. The standard InChI is InChI=1S/C29H40N4O4/c1-7-9-10-20(8-2)18-32-25-13-11-21(28(31-35)27(30-34)19(3)17-29(4,5)6)15-23(25)24-16-22(33(36)37)12-14-26(24)32/h11-16,19-20,34-35H,7-10,17-18H2,1-6H3. The van der Waals surface area contributed by atoms with E-state index in [-0.39, 0.29) is 27.7 Å². The molecule has 3 rings (SSSR count). The minimum absolute atomic E-state index is 0.0141. The molecule has 0 spiro atoms. The average molecular weight is 509 g/mol. The van der Waals surface area contributed by atoms with Crippen molar-refractivity contribution in [3.63, 3.8) is 0 Å². The number of oxime groups is 2. The Balaban J connectivity index is 2.18. The van der Waals surface area contributed by atoms with E-state index >= 15 is 0 Å². The van der Waals surface area contributed by atoms with Crippen molar-refractivity contribution >= 4 is 38.9 Å². The number of rotatable bonds is 11.